The van der Waals surface area contributed by atoms with Gasteiger partial charge in [0.05, 0.1) is 5.56 Å². The highest BCUT2D eigenvalue weighted by Gasteiger charge is 2.15. The fourth-order valence-electron chi connectivity index (χ4n) is 2.72. The molecule has 0 saturated carbocycles. The van der Waals surface area contributed by atoms with E-state index in [9.17, 15) is 9.59 Å². The standard InChI is InChI=1S/C23H20ClNO3/c1-15-7-10-17(11-8-15)19-5-3-4-6-20(19)23(27)28-14-22(26)25-18-12-9-16(2)21(24)13-18/h3-13H,14H2,1-2H3,(H,25,26). The highest BCUT2D eigenvalue weighted by molar-refractivity contribution is 6.31. The van der Waals surface area contributed by atoms with Crippen LogP contribution in [0.1, 0.15) is 21.5 Å². The molecule has 0 unspecified atom stereocenters. The Hall–Kier alpha value is -3.11. The van der Waals surface area contributed by atoms with Crippen LogP contribution >= 0.6 is 11.6 Å². The van der Waals surface area contributed by atoms with Gasteiger partial charge in [0.2, 0.25) is 0 Å². The number of carbonyl (C=O) groups is 2. The number of esters is 1. The molecule has 0 aliphatic rings. The summed E-state index contributed by atoms with van der Waals surface area (Å²) in [5.74, 6) is -0.977. The number of rotatable bonds is 5. The molecule has 0 saturated heterocycles. The van der Waals surface area contributed by atoms with E-state index in [2.05, 4.69) is 5.32 Å². The van der Waals surface area contributed by atoms with Gasteiger partial charge in [0, 0.05) is 10.7 Å². The highest BCUT2D eigenvalue weighted by atomic mass is 35.5. The molecule has 3 aromatic rings. The fraction of sp³-hybridized carbons (Fsp3) is 0.130. The van der Waals surface area contributed by atoms with Gasteiger partial charge in [0.25, 0.3) is 5.91 Å². The summed E-state index contributed by atoms with van der Waals surface area (Å²) in [4.78, 5) is 24.6. The van der Waals surface area contributed by atoms with Crippen molar-refractivity contribution in [1.29, 1.82) is 0 Å². The second-order valence-electron chi connectivity index (χ2n) is 6.50. The topological polar surface area (TPSA) is 55.4 Å². The molecule has 0 spiro atoms. The van der Waals surface area contributed by atoms with Crippen molar-refractivity contribution in [3.63, 3.8) is 0 Å². The summed E-state index contributed by atoms with van der Waals surface area (Å²) >= 11 is 6.05. The van der Waals surface area contributed by atoms with E-state index in [0.29, 0.717) is 16.3 Å². The molecule has 0 aromatic heterocycles. The molecule has 0 aliphatic heterocycles. The van der Waals surface area contributed by atoms with Gasteiger partial charge in [-0.1, -0.05) is 65.7 Å². The molecule has 28 heavy (non-hydrogen) atoms. The van der Waals surface area contributed by atoms with E-state index >= 15 is 0 Å². The Morgan fingerprint density at radius 3 is 2.39 bits per heavy atom. The molecular weight excluding hydrogens is 374 g/mol. The zero-order valence-corrected chi connectivity index (χ0v) is 16.4. The lowest BCUT2D eigenvalue weighted by Crippen LogP contribution is -2.21. The minimum Gasteiger partial charge on any atom is -0.452 e. The Bertz CT molecular complexity index is 1010. The Balaban J connectivity index is 1.67. The molecule has 1 amide bonds. The van der Waals surface area contributed by atoms with Crippen LogP contribution in [0, 0.1) is 13.8 Å². The number of nitrogens with one attached hydrogen (secondary N) is 1. The maximum absolute atomic E-state index is 12.5. The van der Waals surface area contributed by atoms with Crippen molar-refractivity contribution in [3.05, 3.63) is 88.4 Å². The number of hydrogen-bond donors (Lipinski definition) is 1. The number of amides is 1. The molecule has 5 heteroatoms. The van der Waals surface area contributed by atoms with Crippen LogP contribution in [0.3, 0.4) is 0 Å². The van der Waals surface area contributed by atoms with Crippen LogP contribution in [0.4, 0.5) is 5.69 Å². The van der Waals surface area contributed by atoms with Crippen molar-refractivity contribution in [1.82, 2.24) is 0 Å². The van der Waals surface area contributed by atoms with Crippen molar-refractivity contribution in [3.8, 4) is 11.1 Å². The summed E-state index contributed by atoms with van der Waals surface area (Å²) in [6, 6.07) is 20.3. The quantitative estimate of drug-likeness (QED) is 0.589. The SMILES string of the molecule is Cc1ccc(-c2ccccc2C(=O)OCC(=O)Nc2ccc(C)c(Cl)c2)cc1. The zero-order valence-electron chi connectivity index (χ0n) is 15.7. The van der Waals surface area contributed by atoms with Crippen molar-refractivity contribution < 1.29 is 14.3 Å². The third-order valence-electron chi connectivity index (χ3n) is 4.30. The largest absolute Gasteiger partial charge is 0.452 e. The van der Waals surface area contributed by atoms with Crippen molar-refractivity contribution >= 4 is 29.2 Å². The van der Waals surface area contributed by atoms with Crippen LogP contribution in [-0.2, 0) is 9.53 Å². The van der Waals surface area contributed by atoms with Gasteiger partial charge >= 0.3 is 5.97 Å². The second kappa shape index (κ2) is 8.72. The Kier molecular flexibility index (Phi) is 6.12. The van der Waals surface area contributed by atoms with E-state index in [0.717, 1.165) is 22.3 Å². The van der Waals surface area contributed by atoms with Gasteiger partial charge in [-0.2, -0.15) is 0 Å². The molecule has 0 heterocycles. The normalized spacial score (nSPS) is 10.4. The minimum atomic E-state index is -0.548. The van der Waals surface area contributed by atoms with E-state index in [1.54, 1.807) is 24.3 Å². The van der Waals surface area contributed by atoms with Gasteiger partial charge < -0.3 is 10.1 Å². The summed E-state index contributed by atoms with van der Waals surface area (Å²) in [6.07, 6.45) is 0. The third kappa shape index (κ3) is 4.78. The summed E-state index contributed by atoms with van der Waals surface area (Å²) < 4.78 is 5.22. The van der Waals surface area contributed by atoms with Gasteiger partial charge in [0.1, 0.15) is 0 Å². The van der Waals surface area contributed by atoms with Crippen LogP contribution < -0.4 is 5.32 Å². The molecule has 0 bridgehead atoms. The van der Waals surface area contributed by atoms with E-state index in [1.165, 1.54) is 0 Å². The van der Waals surface area contributed by atoms with Gasteiger partial charge in [-0.05, 0) is 48.7 Å². The molecule has 4 nitrogen and oxygen atoms in total. The number of benzene rings is 3. The summed E-state index contributed by atoms with van der Waals surface area (Å²) in [5.41, 5.74) is 4.69. The number of anilines is 1. The fourth-order valence-corrected chi connectivity index (χ4v) is 2.90. The number of hydrogen-bond acceptors (Lipinski definition) is 3. The molecule has 0 fully saturated rings. The van der Waals surface area contributed by atoms with Crippen LogP contribution in [0.15, 0.2) is 66.7 Å². The van der Waals surface area contributed by atoms with Crippen LogP contribution in [0.25, 0.3) is 11.1 Å². The monoisotopic (exact) mass is 393 g/mol. The molecular formula is C23H20ClNO3. The minimum absolute atomic E-state index is 0.382. The van der Waals surface area contributed by atoms with E-state index in [1.807, 2.05) is 56.3 Å². The first-order chi connectivity index (χ1) is 13.4. The third-order valence-corrected chi connectivity index (χ3v) is 4.71. The van der Waals surface area contributed by atoms with Crippen LogP contribution in [-0.4, -0.2) is 18.5 Å². The molecule has 3 rings (SSSR count). The predicted octanol–water partition coefficient (Wildman–Crippen LogP) is 5.42. The first-order valence-corrected chi connectivity index (χ1v) is 9.21. The summed E-state index contributed by atoms with van der Waals surface area (Å²) in [5, 5.41) is 3.23. The lowest BCUT2D eigenvalue weighted by Gasteiger charge is -2.11. The smallest absolute Gasteiger partial charge is 0.339 e. The van der Waals surface area contributed by atoms with Gasteiger partial charge in [-0.25, -0.2) is 4.79 Å². The number of carbonyl (C=O) groups excluding carboxylic acids is 2. The molecule has 1 N–H and O–H groups in total. The van der Waals surface area contributed by atoms with Crippen molar-refractivity contribution in [2.75, 3.05) is 11.9 Å². The summed E-state index contributed by atoms with van der Waals surface area (Å²) in [7, 11) is 0. The molecule has 0 radical (unpaired) electrons. The number of aryl methyl sites for hydroxylation is 2. The molecule has 0 aliphatic carbocycles. The molecule has 142 valence electrons. The van der Waals surface area contributed by atoms with Crippen molar-refractivity contribution in [2.45, 2.75) is 13.8 Å². The van der Waals surface area contributed by atoms with Gasteiger partial charge in [0.15, 0.2) is 6.61 Å². The maximum atomic E-state index is 12.5. The Labute approximate surface area is 169 Å². The predicted molar refractivity (Wildman–Crippen MR) is 112 cm³/mol. The number of ether oxygens (including phenoxy) is 1. The average molecular weight is 394 g/mol. The highest BCUT2D eigenvalue weighted by Crippen LogP contribution is 2.25. The molecule has 3 aromatic carbocycles. The van der Waals surface area contributed by atoms with Crippen LogP contribution in [0.2, 0.25) is 5.02 Å². The molecule has 0 atom stereocenters. The first-order valence-electron chi connectivity index (χ1n) is 8.83. The number of halogens is 1. The zero-order chi connectivity index (χ0) is 20.1. The lowest BCUT2D eigenvalue weighted by molar-refractivity contribution is -0.119. The van der Waals surface area contributed by atoms with Gasteiger partial charge in [-0.3, -0.25) is 4.79 Å². The Morgan fingerprint density at radius 2 is 1.68 bits per heavy atom. The summed E-state index contributed by atoms with van der Waals surface area (Å²) in [6.45, 7) is 3.50. The maximum Gasteiger partial charge on any atom is 0.339 e. The van der Waals surface area contributed by atoms with E-state index < -0.39 is 11.9 Å². The van der Waals surface area contributed by atoms with E-state index in [4.69, 9.17) is 16.3 Å². The average Bonchev–Trinajstić information content (AvgIpc) is 2.69. The van der Waals surface area contributed by atoms with Crippen LogP contribution in [0.5, 0.6) is 0 Å². The van der Waals surface area contributed by atoms with Gasteiger partial charge in [-0.15, -0.1) is 0 Å². The Morgan fingerprint density at radius 1 is 0.964 bits per heavy atom. The van der Waals surface area contributed by atoms with Crippen molar-refractivity contribution in [2.24, 2.45) is 0 Å². The first kappa shape index (κ1) is 19.6. The lowest BCUT2D eigenvalue weighted by atomic mass is 9.99. The van der Waals surface area contributed by atoms with E-state index in [-0.39, 0.29) is 6.61 Å². The second-order valence-corrected chi connectivity index (χ2v) is 6.91.